The Morgan fingerprint density at radius 1 is 1.26 bits per heavy atom. The second kappa shape index (κ2) is 7.99. The number of para-hydroxylation sites is 2. The third-order valence-electron chi connectivity index (χ3n) is 4.51. The minimum Gasteiger partial charge on any atom is -0.485 e. The SMILES string of the molecule is CCN1C[C@H](CN(C)C(=O)c2cccc(NC(N)=O)c2)Oc2ccccc21. The van der Waals surface area contributed by atoms with Gasteiger partial charge in [0.2, 0.25) is 0 Å². The molecule has 0 fully saturated rings. The molecule has 0 spiro atoms. The molecule has 2 aromatic rings. The van der Waals surface area contributed by atoms with Crippen molar-refractivity contribution in [2.75, 3.05) is 36.9 Å². The van der Waals surface area contributed by atoms with Gasteiger partial charge in [0.1, 0.15) is 11.9 Å². The van der Waals surface area contributed by atoms with Crippen molar-refractivity contribution in [3.63, 3.8) is 0 Å². The lowest BCUT2D eigenvalue weighted by Crippen LogP contribution is -2.46. The predicted molar refractivity (Wildman–Crippen MR) is 105 cm³/mol. The Morgan fingerprint density at radius 2 is 2.04 bits per heavy atom. The molecule has 1 heterocycles. The molecule has 3 rings (SSSR count). The monoisotopic (exact) mass is 368 g/mol. The summed E-state index contributed by atoms with van der Waals surface area (Å²) in [6.07, 6.45) is -0.124. The smallest absolute Gasteiger partial charge is 0.316 e. The first-order chi connectivity index (χ1) is 13.0. The average molecular weight is 368 g/mol. The van der Waals surface area contributed by atoms with Gasteiger partial charge in [0.15, 0.2) is 0 Å². The Hall–Kier alpha value is -3.22. The number of nitrogens with one attached hydrogen (secondary N) is 1. The van der Waals surface area contributed by atoms with Gasteiger partial charge in [0.25, 0.3) is 5.91 Å². The number of amides is 3. The number of urea groups is 1. The molecule has 0 aromatic heterocycles. The van der Waals surface area contributed by atoms with E-state index in [1.807, 2.05) is 24.3 Å². The number of carbonyl (C=O) groups is 2. The largest absolute Gasteiger partial charge is 0.485 e. The second-order valence-electron chi connectivity index (χ2n) is 6.50. The molecule has 1 aliphatic rings. The van der Waals surface area contributed by atoms with Crippen LogP contribution in [0.5, 0.6) is 5.75 Å². The number of rotatable bonds is 5. The van der Waals surface area contributed by atoms with E-state index >= 15 is 0 Å². The van der Waals surface area contributed by atoms with E-state index in [4.69, 9.17) is 10.5 Å². The van der Waals surface area contributed by atoms with E-state index in [2.05, 4.69) is 17.1 Å². The van der Waals surface area contributed by atoms with Crippen LogP contribution in [0.4, 0.5) is 16.2 Å². The van der Waals surface area contributed by atoms with Gasteiger partial charge in [-0.2, -0.15) is 0 Å². The molecule has 3 amide bonds. The number of carbonyl (C=O) groups excluding carboxylic acids is 2. The van der Waals surface area contributed by atoms with Gasteiger partial charge in [-0.15, -0.1) is 0 Å². The highest BCUT2D eigenvalue weighted by atomic mass is 16.5. The second-order valence-corrected chi connectivity index (χ2v) is 6.50. The van der Waals surface area contributed by atoms with Crippen LogP contribution in [0.3, 0.4) is 0 Å². The lowest BCUT2D eigenvalue weighted by molar-refractivity contribution is 0.0709. The lowest BCUT2D eigenvalue weighted by Gasteiger charge is -2.37. The molecule has 7 nitrogen and oxygen atoms in total. The summed E-state index contributed by atoms with van der Waals surface area (Å²) in [4.78, 5) is 27.7. The summed E-state index contributed by atoms with van der Waals surface area (Å²) in [5.41, 5.74) is 7.18. The van der Waals surface area contributed by atoms with Crippen LogP contribution in [-0.4, -0.2) is 49.6 Å². The van der Waals surface area contributed by atoms with Crippen molar-refractivity contribution in [2.45, 2.75) is 13.0 Å². The van der Waals surface area contributed by atoms with E-state index in [0.717, 1.165) is 18.0 Å². The van der Waals surface area contributed by atoms with Crippen molar-refractivity contribution < 1.29 is 14.3 Å². The normalized spacial score (nSPS) is 15.5. The first-order valence-corrected chi connectivity index (χ1v) is 8.90. The fourth-order valence-corrected chi connectivity index (χ4v) is 3.25. The topological polar surface area (TPSA) is 87.9 Å². The molecule has 1 atom stereocenters. The summed E-state index contributed by atoms with van der Waals surface area (Å²) < 4.78 is 6.09. The Morgan fingerprint density at radius 3 is 2.78 bits per heavy atom. The Bertz CT molecular complexity index is 839. The fourth-order valence-electron chi connectivity index (χ4n) is 3.25. The number of ether oxygens (including phenoxy) is 1. The molecular formula is C20H24N4O3. The Balaban J connectivity index is 1.69. The number of hydrogen-bond acceptors (Lipinski definition) is 4. The standard InChI is InChI=1S/C20H24N4O3/c1-3-24-13-16(27-18-10-5-4-9-17(18)24)12-23(2)19(25)14-7-6-8-15(11-14)22-20(21)26/h4-11,16H,3,12-13H2,1-2H3,(H3,21,22,26)/t16-/m0/s1. The zero-order chi connectivity index (χ0) is 19.4. The van der Waals surface area contributed by atoms with Gasteiger partial charge in [-0.1, -0.05) is 18.2 Å². The molecule has 1 aliphatic heterocycles. The van der Waals surface area contributed by atoms with Crippen LogP contribution in [0.1, 0.15) is 17.3 Å². The van der Waals surface area contributed by atoms with Crippen molar-refractivity contribution in [3.05, 3.63) is 54.1 Å². The maximum absolute atomic E-state index is 12.8. The van der Waals surface area contributed by atoms with Crippen LogP contribution in [0.25, 0.3) is 0 Å². The number of benzene rings is 2. The summed E-state index contributed by atoms with van der Waals surface area (Å²) in [5.74, 6) is 0.692. The number of primary amides is 1. The highest BCUT2D eigenvalue weighted by Gasteiger charge is 2.27. The Kier molecular flexibility index (Phi) is 5.49. The number of hydrogen-bond donors (Lipinski definition) is 2. The molecule has 142 valence electrons. The number of anilines is 2. The van der Waals surface area contributed by atoms with Crippen molar-refractivity contribution in [1.82, 2.24) is 4.90 Å². The lowest BCUT2D eigenvalue weighted by atomic mass is 10.1. The van der Waals surface area contributed by atoms with Crippen LogP contribution in [0.2, 0.25) is 0 Å². The number of fused-ring (bicyclic) bond motifs is 1. The van der Waals surface area contributed by atoms with Crippen molar-refractivity contribution in [2.24, 2.45) is 5.73 Å². The summed E-state index contributed by atoms with van der Waals surface area (Å²) in [6.45, 7) is 4.15. The van der Waals surface area contributed by atoms with Gasteiger partial charge in [-0.3, -0.25) is 4.79 Å². The van der Waals surface area contributed by atoms with E-state index in [1.54, 1.807) is 36.2 Å². The van der Waals surface area contributed by atoms with Gasteiger partial charge < -0.3 is 25.6 Å². The third-order valence-corrected chi connectivity index (χ3v) is 4.51. The number of nitrogens with zero attached hydrogens (tertiary/aromatic N) is 2. The van der Waals surface area contributed by atoms with Crippen LogP contribution in [-0.2, 0) is 0 Å². The highest BCUT2D eigenvalue weighted by molar-refractivity contribution is 5.96. The van der Waals surface area contributed by atoms with Gasteiger partial charge in [-0.25, -0.2) is 4.79 Å². The molecule has 27 heavy (non-hydrogen) atoms. The highest BCUT2D eigenvalue weighted by Crippen LogP contribution is 2.32. The van der Waals surface area contributed by atoms with E-state index in [1.165, 1.54) is 0 Å². The summed E-state index contributed by atoms with van der Waals surface area (Å²) in [6, 6.07) is 14.0. The van der Waals surface area contributed by atoms with Crippen LogP contribution in [0.15, 0.2) is 48.5 Å². The minimum absolute atomic E-state index is 0.124. The zero-order valence-electron chi connectivity index (χ0n) is 15.5. The summed E-state index contributed by atoms with van der Waals surface area (Å²) in [5, 5.41) is 2.48. The molecule has 0 unspecified atom stereocenters. The van der Waals surface area contributed by atoms with E-state index in [9.17, 15) is 9.59 Å². The molecule has 0 saturated heterocycles. The molecule has 2 aromatic carbocycles. The average Bonchev–Trinajstić information content (AvgIpc) is 2.66. The molecule has 0 radical (unpaired) electrons. The van der Waals surface area contributed by atoms with E-state index in [0.29, 0.717) is 24.3 Å². The van der Waals surface area contributed by atoms with E-state index in [-0.39, 0.29) is 12.0 Å². The molecule has 0 aliphatic carbocycles. The fraction of sp³-hybridized carbons (Fsp3) is 0.300. The molecule has 7 heteroatoms. The quantitative estimate of drug-likeness (QED) is 0.849. The van der Waals surface area contributed by atoms with Gasteiger partial charge in [0.05, 0.1) is 18.8 Å². The zero-order valence-corrected chi connectivity index (χ0v) is 15.5. The first kappa shape index (κ1) is 18.6. The summed E-state index contributed by atoms with van der Waals surface area (Å²) >= 11 is 0. The van der Waals surface area contributed by atoms with Gasteiger partial charge >= 0.3 is 6.03 Å². The number of likely N-dealkylation sites (N-methyl/N-ethyl adjacent to an activating group) is 2. The van der Waals surface area contributed by atoms with Crippen molar-refractivity contribution >= 4 is 23.3 Å². The van der Waals surface area contributed by atoms with Crippen LogP contribution in [0, 0.1) is 0 Å². The predicted octanol–water partition coefficient (Wildman–Crippen LogP) is 2.54. The maximum atomic E-state index is 12.8. The molecular weight excluding hydrogens is 344 g/mol. The van der Waals surface area contributed by atoms with Gasteiger partial charge in [0, 0.05) is 24.8 Å². The van der Waals surface area contributed by atoms with Crippen molar-refractivity contribution in [1.29, 1.82) is 0 Å². The first-order valence-electron chi connectivity index (χ1n) is 8.90. The number of nitrogens with two attached hydrogens (primary N) is 1. The maximum Gasteiger partial charge on any atom is 0.316 e. The van der Waals surface area contributed by atoms with Crippen LogP contribution >= 0.6 is 0 Å². The van der Waals surface area contributed by atoms with Crippen molar-refractivity contribution in [3.8, 4) is 5.75 Å². The minimum atomic E-state index is -0.665. The summed E-state index contributed by atoms with van der Waals surface area (Å²) in [7, 11) is 1.75. The van der Waals surface area contributed by atoms with E-state index < -0.39 is 6.03 Å². The van der Waals surface area contributed by atoms with Crippen LogP contribution < -0.4 is 20.7 Å². The molecule has 0 saturated carbocycles. The van der Waals surface area contributed by atoms with Gasteiger partial charge in [-0.05, 0) is 37.3 Å². The Labute approximate surface area is 158 Å². The third kappa shape index (κ3) is 4.31. The molecule has 3 N–H and O–H groups in total. The molecule has 0 bridgehead atoms.